The Morgan fingerprint density at radius 1 is 1.04 bits per heavy atom. The second-order valence-electron chi connectivity index (χ2n) is 6.98. The Bertz CT molecular complexity index is 702. The van der Waals surface area contributed by atoms with Gasteiger partial charge in [0.1, 0.15) is 18.0 Å². The van der Waals surface area contributed by atoms with Crippen LogP contribution in [0.15, 0.2) is 35.2 Å². The van der Waals surface area contributed by atoms with Gasteiger partial charge in [-0.1, -0.05) is 18.2 Å². The Balaban J connectivity index is 1.34. The van der Waals surface area contributed by atoms with Crippen LogP contribution in [0.5, 0.6) is 0 Å². The third-order valence-corrected chi connectivity index (χ3v) is 6.26. The van der Waals surface area contributed by atoms with Crippen molar-refractivity contribution in [1.82, 2.24) is 0 Å². The minimum absolute atomic E-state index is 0.129. The van der Waals surface area contributed by atoms with Gasteiger partial charge in [0.25, 0.3) is 0 Å². The van der Waals surface area contributed by atoms with Crippen LogP contribution in [0.4, 0.5) is 0 Å². The monoisotopic (exact) mass is 370 g/mol. The summed E-state index contributed by atoms with van der Waals surface area (Å²) in [5.74, 6) is -0.854. The SMILES string of the molecule is CC1(C)O[C@H]2O[C@H]([C@H]3CO[C@H](CS(=O)(=O)c4ccccc4)O3)C[C@H]2O1. The molecular formula is C17H22O7S. The average Bonchev–Trinajstić information content (AvgIpc) is 3.20. The molecule has 8 heteroatoms. The van der Waals surface area contributed by atoms with Crippen LogP contribution in [0.3, 0.4) is 0 Å². The molecule has 0 aromatic heterocycles. The molecule has 0 unspecified atom stereocenters. The molecule has 4 rings (SSSR count). The molecule has 25 heavy (non-hydrogen) atoms. The Morgan fingerprint density at radius 3 is 2.52 bits per heavy atom. The standard InChI is InChI=1S/C17H22O7S/c1-17(2)23-13-8-12(22-16(13)24-17)14-9-20-15(21-14)10-25(18,19)11-6-4-3-5-7-11/h3-7,12-16H,8-10H2,1-2H3/t12-,13+,14+,15-,16+/m0/s1. The molecule has 138 valence electrons. The van der Waals surface area contributed by atoms with E-state index in [2.05, 4.69) is 0 Å². The lowest BCUT2D eigenvalue weighted by Gasteiger charge is -2.22. The molecule has 0 saturated carbocycles. The molecule has 3 aliphatic heterocycles. The quantitative estimate of drug-likeness (QED) is 0.794. The van der Waals surface area contributed by atoms with E-state index in [0.717, 1.165) is 0 Å². The number of fused-ring (bicyclic) bond motifs is 1. The van der Waals surface area contributed by atoms with Crippen molar-refractivity contribution in [2.45, 2.75) is 61.8 Å². The lowest BCUT2D eigenvalue weighted by atomic mass is 10.1. The summed E-state index contributed by atoms with van der Waals surface area (Å²) in [7, 11) is -3.46. The number of hydrogen-bond donors (Lipinski definition) is 0. The lowest BCUT2D eigenvalue weighted by Crippen LogP contribution is -2.33. The summed E-state index contributed by atoms with van der Waals surface area (Å²) in [5, 5.41) is 0. The second-order valence-corrected chi connectivity index (χ2v) is 9.02. The van der Waals surface area contributed by atoms with E-state index < -0.39 is 28.2 Å². The van der Waals surface area contributed by atoms with Crippen molar-refractivity contribution in [3.8, 4) is 0 Å². The highest BCUT2D eigenvalue weighted by Gasteiger charge is 2.51. The molecule has 0 bridgehead atoms. The van der Waals surface area contributed by atoms with Crippen molar-refractivity contribution in [1.29, 1.82) is 0 Å². The highest BCUT2D eigenvalue weighted by Crippen LogP contribution is 2.39. The van der Waals surface area contributed by atoms with Gasteiger partial charge in [-0.15, -0.1) is 0 Å². The van der Waals surface area contributed by atoms with Gasteiger partial charge in [0, 0.05) is 6.42 Å². The van der Waals surface area contributed by atoms with Crippen molar-refractivity contribution in [2.24, 2.45) is 0 Å². The molecule has 3 fully saturated rings. The van der Waals surface area contributed by atoms with Gasteiger partial charge in [-0.3, -0.25) is 0 Å². The molecule has 0 aliphatic carbocycles. The first-order valence-electron chi connectivity index (χ1n) is 8.38. The zero-order chi connectivity index (χ0) is 17.7. The molecule has 3 heterocycles. The second kappa shape index (κ2) is 6.29. The summed E-state index contributed by atoms with van der Waals surface area (Å²) in [6, 6.07) is 8.30. The van der Waals surface area contributed by atoms with Crippen molar-refractivity contribution in [2.75, 3.05) is 12.4 Å². The summed E-state index contributed by atoms with van der Waals surface area (Å²) in [6.07, 6.45) is -1.24. The average molecular weight is 370 g/mol. The van der Waals surface area contributed by atoms with Crippen LogP contribution >= 0.6 is 0 Å². The molecule has 3 saturated heterocycles. The summed E-state index contributed by atoms with van der Waals surface area (Å²) in [5.41, 5.74) is 0. The van der Waals surface area contributed by atoms with E-state index in [1.807, 2.05) is 13.8 Å². The fraction of sp³-hybridized carbons (Fsp3) is 0.647. The zero-order valence-electron chi connectivity index (χ0n) is 14.2. The number of ether oxygens (including phenoxy) is 5. The van der Waals surface area contributed by atoms with E-state index in [1.165, 1.54) is 0 Å². The van der Waals surface area contributed by atoms with Crippen molar-refractivity contribution in [3.05, 3.63) is 30.3 Å². The number of benzene rings is 1. The first-order chi connectivity index (χ1) is 11.8. The van der Waals surface area contributed by atoms with Gasteiger partial charge in [-0.25, -0.2) is 8.42 Å². The lowest BCUT2D eigenvalue weighted by molar-refractivity contribution is -0.215. The van der Waals surface area contributed by atoms with Gasteiger partial charge in [0.2, 0.25) is 0 Å². The zero-order valence-corrected chi connectivity index (χ0v) is 15.0. The molecule has 0 amide bonds. The van der Waals surface area contributed by atoms with E-state index in [1.54, 1.807) is 30.3 Å². The van der Waals surface area contributed by atoms with Crippen molar-refractivity contribution >= 4 is 9.84 Å². The summed E-state index contributed by atoms with van der Waals surface area (Å²) in [4.78, 5) is 0.265. The summed E-state index contributed by atoms with van der Waals surface area (Å²) in [6.45, 7) is 4.00. The van der Waals surface area contributed by atoms with Gasteiger partial charge >= 0.3 is 0 Å². The molecule has 7 nitrogen and oxygen atoms in total. The third-order valence-electron chi connectivity index (χ3n) is 4.56. The van der Waals surface area contributed by atoms with Gasteiger partial charge in [-0.05, 0) is 26.0 Å². The Hall–Kier alpha value is -1.03. The fourth-order valence-electron chi connectivity index (χ4n) is 3.44. The number of rotatable bonds is 4. The third kappa shape index (κ3) is 3.60. The summed E-state index contributed by atoms with van der Waals surface area (Å²) >= 11 is 0. The summed E-state index contributed by atoms with van der Waals surface area (Å²) < 4.78 is 53.5. The van der Waals surface area contributed by atoms with Crippen LogP contribution < -0.4 is 0 Å². The van der Waals surface area contributed by atoms with Crippen LogP contribution in [0.1, 0.15) is 20.3 Å². The largest absolute Gasteiger partial charge is 0.349 e. The van der Waals surface area contributed by atoms with Crippen LogP contribution in [0.2, 0.25) is 0 Å². The topological polar surface area (TPSA) is 80.3 Å². The van der Waals surface area contributed by atoms with Gasteiger partial charge in [0.05, 0.1) is 17.6 Å². The van der Waals surface area contributed by atoms with Crippen LogP contribution in [-0.4, -0.2) is 57.5 Å². The van der Waals surface area contributed by atoms with Gasteiger partial charge < -0.3 is 23.7 Å². The maximum absolute atomic E-state index is 12.4. The smallest absolute Gasteiger partial charge is 0.187 e. The first-order valence-corrected chi connectivity index (χ1v) is 10.0. The van der Waals surface area contributed by atoms with E-state index in [9.17, 15) is 8.42 Å². The Morgan fingerprint density at radius 2 is 1.80 bits per heavy atom. The molecule has 0 radical (unpaired) electrons. The molecule has 3 aliphatic rings. The molecule has 0 spiro atoms. The maximum atomic E-state index is 12.4. The van der Waals surface area contributed by atoms with Crippen LogP contribution in [0.25, 0.3) is 0 Å². The highest BCUT2D eigenvalue weighted by molar-refractivity contribution is 7.91. The van der Waals surface area contributed by atoms with Crippen molar-refractivity contribution < 1.29 is 32.1 Å². The Labute approximate surface area is 147 Å². The molecule has 0 N–H and O–H groups in total. The van der Waals surface area contributed by atoms with Crippen molar-refractivity contribution in [3.63, 3.8) is 0 Å². The molecule has 1 aromatic carbocycles. The van der Waals surface area contributed by atoms with Crippen LogP contribution in [0, 0.1) is 0 Å². The number of sulfone groups is 1. The Kier molecular flexibility index (Phi) is 4.38. The van der Waals surface area contributed by atoms with E-state index in [0.29, 0.717) is 13.0 Å². The highest BCUT2D eigenvalue weighted by atomic mass is 32.2. The normalized spacial score (nSPS) is 37.3. The van der Waals surface area contributed by atoms with Gasteiger partial charge in [-0.2, -0.15) is 0 Å². The van der Waals surface area contributed by atoms with Gasteiger partial charge in [0.15, 0.2) is 28.2 Å². The van der Waals surface area contributed by atoms with E-state index in [-0.39, 0.29) is 29.0 Å². The number of hydrogen-bond acceptors (Lipinski definition) is 7. The molecular weight excluding hydrogens is 348 g/mol. The first kappa shape index (κ1) is 17.4. The molecule has 1 aromatic rings. The predicted octanol–water partition coefficient (Wildman–Crippen LogP) is 1.47. The van der Waals surface area contributed by atoms with E-state index >= 15 is 0 Å². The predicted molar refractivity (Wildman–Crippen MR) is 86.4 cm³/mol. The minimum atomic E-state index is -3.46. The molecule has 5 atom stereocenters. The minimum Gasteiger partial charge on any atom is -0.349 e. The maximum Gasteiger partial charge on any atom is 0.187 e. The van der Waals surface area contributed by atoms with E-state index in [4.69, 9.17) is 23.7 Å². The van der Waals surface area contributed by atoms with Crippen LogP contribution in [-0.2, 0) is 33.5 Å². The fourth-order valence-corrected chi connectivity index (χ4v) is 4.73.